The number of nitriles is 1. The molecule has 1 heterocycles. The normalized spacial score (nSPS) is 10.3. The average molecular weight is 277 g/mol. The van der Waals surface area contributed by atoms with Gasteiger partial charge < -0.3 is 5.32 Å². The van der Waals surface area contributed by atoms with Gasteiger partial charge in [0.15, 0.2) is 0 Å². The Balaban J connectivity index is 1.86. The third-order valence-electron chi connectivity index (χ3n) is 3.28. The minimum absolute atomic E-state index is 0.0638. The number of anilines is 1. The van der Waals surface area contributed by atoms with Crippen LogP contribution in [0.5, 0.6) is 0 Å². The lowest BCUT2D eigenvalue weighted by molar-refractivity contribution is 0.623. The van der Waals surface area contributed by atoms with Crippen LogP contribution in [0, 0.1) is 17.1 Å². The third-order valence-corrected chi connectivity index (χ3v) is 3.28. The van der Waals surface area contributed by atoms with Gasteiger partial charge in [0.2, 0.25) is 0 Å². The van der Waals surface area contributed by atoms with Crippen LogP contribution in [0.2, 0.25) is 0 Å². The summed E-state index contributed by atoms with van der Waals surface area (Å²) in [6.07, 6.45) is 1.76. The van der Waals surface area contributed by atoms with Gasteiger partial charge in [-0.25, -0.2) is 4.39 Å². The molecule has 0 fully saturated rings. The van der Waals surface area contributed by atoms with Crippen LogP contribution in [0.3, 0.4) is 0 Å². The summed E-state index contributed by atoms with van der Waals surface area (Å²) in [7, 11) is 0. The summed E-state index contributed by atoms with van der Waals surface area (Å²) < 4.78 is 13.3. The molecule has 0 spiro atoms. The van der Waals surface area contributed by atoms with Crippen LogP contribution < -0.4 is 5.32 Å². The van der Waals surface area contributed by atoms with Gasteiger partial charge in [-0.05, 0) is 42.0 Å². The van der Waals surface area contributed by atoms with Crippen molar-refractivity contribution in [1.29, 1.82) is 5.26 Å². The zero-order valence-electron chi connectivity index (χ0n) is 11.2. The molecular weight excluding hydrogens is 265 g/mol. The topological polar surface area (TPSA) is 48.7 Å². The largest absolute Gasteiger partial charge is 0.380 e. The predicted octanol–water partition coefficient (Wildman–Crippen LogP) is 3.86. The number of pyridine rings is 1. The van der Waals surface area contributed by atoms with Gasteiger partial charge in [0.1, 0.15) is 11.9 Å². The Morgan fingerprint density at radius 3 is 2.90 bits per heavy atom. The zero-order valence-corrected chi connectivity index (χ0v) is 11.2. The number of fused-ring (bicyclic) bond motifs is 1. The lowest BCUT2D eigenvalue weighted by Crippen LogP contribution is -2.01. The number of hydrogen-bond donors (Lipinski definition) is 1. The van der Waals surface area contributed by atoms with Crippen molar-refractivity contribution >= 4 is 16.6 Å². The minimum atomic E-state index is -0.490. The molecule has 0 bridgehead atoms. The fourth-order valence-corrected chi connectivity index (χ4v) is 2.22. The van der Waals surface area contributed by atoms with E-state index in [4.69, 9.17) is 5.26 Å². The molecule has 0 radical (unpaired) electrons. The molecule has 0 saturated carbocycles. The summed E-state index contributed by atoms with van der Waals surface area (Å²) >= 11 is 0. The van der Waals surface area contributed by atoms with E-state index in [1.54, 1.807) is 18.3 Å². The van der Waals surface area contributed by atoms with E-state index in [2.05, 4.69) is 10.3 Å². The molecule has 4 heteroatoms. The van der Waals surface area contributed by atoms with Crippen molar-refractivity contribution in [2.45, 2.75) is 6.54 Å². The summed E-state index contributed by atoms with van der Waals surface area (Å²) in [5.74, 6) is -0.490. The van der Waals surface area contributed by atoms with Crippen molar-refractivity contribution < 1.29 is 4.39 Å². The van der Waals surface area contributed by atoms with Crippen molar-refractivity contribution in [3.63, 3.8) is 0 Å². The highest BCUT2D eigenvalue weighted by atomic mass is 19.1. The van der Waals surface area contributed by atoms with Gasteiger partial charge >= 0.3 is 0 Å². The number of nitrogens with one attached hydrogen (secondary N) is 1. The Labute approximate surface area is 121 Å². The predicted molar refractivity (Wildman–Crippen MR) is 80.2 cm³/mol. The van der Waals surface area contributed by atoms with E-state index >= 15 is 0 Å². The second kappa shape index (κ2) is 5.59. The number of rotatable bonds is 3. The molecule has 1 aromatic heterocycles. The minimum Gasteiger partial charge on any atom is -0.380 e. The van der Waals surface area contributed by atoms with Gasteiger partial charge in [-0.15, -0.1) is 0 Å². The number of aromatic nitrogens is 1. The molecule has 3 rings (SSSR count). The van der Waals surface area contributed by atoms with Crippen molar-refractivity contribution in [2.75, 3.05) is 5.32 Å². The molecule has 0 aliphatic rings. The van der Waals surface area contributed by atoms with Crippen LogP contribution in [0.15, 0.2) is 54.7 Å². The van der Waals surface area contributed by atoms with Crippen LogP contribution in [0.1, 0.15) is 11.1 Å². The summed E-state index contributed by atoms with van der Waals surface area (Å²) in [4.78, 5) is 4.30. The zero-order chi connectivity index (χ0) is 14.7. The molecular formula is C17H12FN3. The summed E-state index contributed by atoms with van der Waals surface area (Å²) in [6, 6.07) is 16.1. The summed E-state index contributed by atoms with van der Waals surface area (Å²) in [5, 5.41) is 13.2. The van der Waals surface area contributed by atoms with Crippen LogP contribution in [0.25, 0.3) is 10.9 Å². The Morgan fingerprint density at radius 1 is 1.14 bits per heavy atom. The number of hydrogen-bond acceptors (Lipinski definition) is 3. The first-order valence-corrected chi connectivity index (χ1v) is 6.54. The third kappa shape index (κ3) is 2.67. The van der Waals surface area contributed by atoms with E-state index < -0.39 is 5.82 Å². The van der Waals surface area contributed by atoms with E-state index in [0.717, 1.165) is 22.2 Å². The fourth-order valence-electron chi connectivity index (χ4n) is 2.22. The van der Waals surface area contributed by atoms with Crippen LogP contribution in [-0.4, -0.2) is 4.98 Å². The fraction of sp³-hybridized carbons (Fsp3) is 0.0588. The molecule has 2 aromatic carbocycles. The number of nitrogens with zero attached hydrogens (tertiary/aromatic N) is 2. The summed E-state index contributed by atoms with van der Waals surface area (Å²) in [5.41, 5.74) is 2.80. The van der Waals surface area contributed by atoms with E-state index in [0.29, 0.717) is 6.54 Å². The molecule has 0 amide bonds. The Hall–Kier alpha value is -2.93. The average Bonchev–Trinajstić information content (AvgIpc) is 2.54. The van der Waals surface area contributed by atoms with Gasteiger partial charge in [0.05, 0.1) is 11.1 Å². The molecule has 102 valence electrons. The van der Waals surface area contributed by atoms with E-state index in [-0.39, 0.29) is 5.56 Å². The molecule has 0 saturated heterocycles. The maximum absolute atomic E-state index is 13.3. The van der Waals surface area contributed by atoms with Gasteiger partial charge in [0, 0.05) is 23.8 Å². The lowest BCUT2D eigenvalue weighted by atomic mass is 10.1. The first-order chi connectivity index (χ1) is 10.3. The van der Waals surface area contributed by atoms with Gasteiger partial charge in [0.25, 0.3) is 0 Å². The van der Waals surface area contributed by atoms with E-state index in [9.17, 15) is 4.39 Å². The smallest absolute Gasteiger partial charge is 0.140 e. The lowest BCUT2D eigenvalue weighted by Gasteiger charge is -2.09. The second-order valence-electron chi connectivity index (χ2n) is 4.66. The Bertz CT molecular complexity index is 832. The number of halogens is 1. The molecule has 3 nitrogen and oxygen atoms in total. The van der Waals surface area contributed by atoms with Gasteiger partial charge in [-0.3, -0.25) is 4.98 Å². The molecule has 3 aromatic rings. The second-order valence-corrected chi connectivity index (χ2v) is 4.66. The van der Waals surface area contributed by atoms with E-state index in [1.807, 2.05) is 36.4 Å². The van der Waals surface area contributed by atoms with Crippen molar-refractivity contribution in [3.8, 4) is 6.07 Å². The van der Waals surface area contributed by atoms with Crippen molar-refractivity contribution in [2.24, 2.45) is 0 Å². The van der Waals surface area contributed by atoms with Crippen LogP contribution in [-0.2, 0) is 6.54 Å². The monoisotopic (exact) mass is 277 g/mol. The van der Waals surface area contributed by atoms with Crippen LogP contribution >= 0.6 is 0 Å². The molecule has 0 atom stereocenters. The molecule has 1 N–H and O–H groups in total. The van der Waals surface area contributed by atoms with Crippen molar-refractivity contribution in [1.82, 2.24) is 4.98 Å². The van der Waals surface area contributed by atoms with E-state index in [1.165, 1.54) is 6.07 Å². The van der Waals surface area contributed by atoms with Crippen molar-refractivity contribution in [3.05, 3.63) is 71.7 Å². The molecule has 0 aliphatic carbocycles. The molecule has 0 unspecified atom stereocenters. The first kappa shape index (κ1) is 13.1. The first-order valence-electron chi connectivity index (χ1n) is 6.54. The Morgan fingerprint density at radius 2 is 2.05 bits per heavy atom. The quantitative estimate of drug-likeness (QED) is 0.791. The van der Waals surface area contributed by atoms with Gasteiger partial charge in [-0.2, -0.15) is 5.26 Å². The maximum Gasteiger partial charge on any atom is 0.140 e. The summed E-state index contributed by atoms with van der Waals surface area (Å²) in [6.45, 7) is 0.517. The number of benzene rings is 2. The molecule has 21 heavy (non-hydrogen) atoms. The standard InChI is InChI=1S/C17H12FN3/c18-15-7-6-12(9-13(15)10-19)11-21-17-5-1-4-16-14(17)3-2-8-20-16/h1-9,21H,11H2. The SMILES string of the molecule is N#Cc1cc(CNc2cccc3ncccc23)ccc1F. The highest BCUT2D eigenvalue weighted by molar-refractivity contribution is 5.91. The maximum atomic E-state index is 13.3. The van der Waals surface area contributed by atoms with Gasteiger partial charge in [-0.1, -0.05) is 12.1 Å². The Kier molecular flexibility index (Phi) is 3.48. The molecule has 0 aliphatic heterocycles. The highest BCUT2D eigenvalue weighted by Crippen LogP contribution is 2.22. The van der Waals surface area contributed by atoms with Crippen LogP contribution in [0.4, 0.5) is 10.1 Å². The highest BCUT2D eigenvalue weighted by Gasteiger charge is 2.04.